The lowest BCUT2D eigenvalue weighted by Crippen LogP contribution is -2.20. The minimum atomic E-state index is -0.610. The van der Waals surface area contributed by atoms with Gasteiger partial charge in [-0.05, 0) is 54.7 Å². The zero-order valence-corrected chi connectivity index (χ0v) is 17.5. The Morgan fingerprint density at radius 1 is 1.18 bits per heavy atom. The van der Waals surface area contributed by atoms with Crippen molar-refractivity contribution < 1.29 is 9.84 Å². The first-order chi connectivity index (χ1) is 13.5. The van der Waals surface area contributed by atoms with Crippen LogP contribution in [0.1, 0.15) is 17.5 Å². The predicted octanol–water partition coefficient (Wildman–Crippen LogP) is 5.45. The van der Waals surface area contributed by atoms with Gasteiger partial charge < -0.3 is 14.8 Å². The van der Waals surface area contributed by atoms with E-state index in [1.807, 2.05) is 6.07 Å². The number of nitrogens with zero attached hydrogens (tertiary/aromatic N) is 1. The third-order valence-electron chi connectivity index (χ3n) is 4.72. The average Bonchev–Trinajstić information content (AvgIpc) is 3.06. The van der Waals surface area contributed by atoms with Crippen molar-refractivity contribution in [2.75, 3.05) is 12.4 Å². The lowest BCUT2D eigenvalue weighted by atomic mass is 9.89. The minimum Gasteiger partial charge on any atom is -0.491 e. The second kappa shape index (κ2) is 8.37. The molecule has 0 fully saturated rings. The van der Waals surface area contributed by atoms with Crippen molar-refractivity contribution in [2.45, 2.75) is 30.5 Å². The van der Waals surface area contributed by atoms with Crippen molar-refractivity contribution in [3.8, 4) is 5.75 Å². The Morgan fingerprint density at radius 2 is 2.00 bits per heavy atom. The van der Waals surface area contributed by atoms with Gasteiger partial charge in [-0.2, -0.15) is 0 Å². The monoisotopic (exact) mass is 434 g/mol. The highest BCUT2D eigenvalue weighted by atomic mass is 35.5. The van der Waals surface area contributed by atoms with E-state index in [1.165, 1.54) is 28.5 Å². The van der Waals surface area contributed by atoms with Crippen LogP contribution in [0.2, 0.25) is 10.0 Å². The Balaban J connectivity index is 1.31. The quantitative estimate of drug-likeness (QED) is 0.400. The fourth-order valence-corrected chi connectivity index (χ4v) is 4.35. The van der Waals surface area contributed by atoms with E-state index in [9.17, 15) is 5.11 Å². The zero-order valence-electron chi connectivity index (χ0n) is 15.2. The lowest BCUT2D eigenvalue weighted by Gasteiger charge is -2.19. The van der Waals surface area contributed by atoms with Crippen LogP contribution in [0.25, 0.3) is 11.0 Å². The maximum absolute atomic E-state index is 10.3. The van der Waals surface area contributed by atoms with Crippen molar-refractivity contribution in [3.05, 3.63) is 63.7 Å². The number of fused-ring (bicyclic) bond motifs is 2. The molecule has 1 heterocycles. The minimum absolute atomic E-state index is 0.233. The molecule has 28 heavy (non-hydrogen) atoms. The van der Waals surface area contributed by atoms with E-state index in [4.69, 9.17) is 27.9 Å². The topological polar surface area (TPSA) is 58.1 Å². The number of ether oxygens (including phenoxy) is 1. The van der Waals surface area contributed by atoms with E-state index in [2.05, 4.69) is 28.7 Å². The summed E-state index contributed by atoms with van der Waals surface area (Å²) in [5.41, 5.74) is 5.49. The number of H-pyrrole nitrogens is 1. The summed E-state index contributed by atoms with van der Waals surface area (Å²) in [5, 5.41) is 11.9. The molecule has 0 amide bonds. The number of benzene rings is 2. The number of imidazole rings is 1. The molecule has 2 N–H and O–H groups in total. The number of hydrogen-bond acceptors (Lipinski definition) is 4. The van der Waals surface area contributed by atoms with Gasteiger partial charge in [0.25, 0.3) is 0 Å². The smallest absolute Gasteiger partial charge is 0.166 e. The van der Waals surface area contributed by atoms with Crippen LogP contribution in [0, 0.1) is 0 Å². The number of halogens is 2. The second-order valence-electron chi connectivity index (χ2n) is 6.96. The molecular weight excluding hydrogens is 415 g/mol. The Hall–Kier alpha value is -1.66. The number of allylic oxidation sites excluding steroid dienone is 1. The second-order valence-corrected chi connectivity index (χ2v) is 8.78. The summed E-state index contributed by atoms with van der Waals surface area (Å²) in [7, 11) is 0. The molecule has 3 aromatic rings. The van der Waals surface area contributed by atoms with E-state index >= 15 is 0 Å². The fourth-order valence-electron chi connectivity index (χ4n) is 3.23. The normalized spacial score (nSPS) is 14.9. The van der Waals surface area contributed by atoms with Gasteiger partial charge in [0.2, 0.25) is 0 Å². The van der Waals surface area contributed by atoms with Gasteiger partial charge in [-0.25, -0.2) is 4.98 Å². The van der Waals surface area contributed by atoms with E-state index in [-0.39, 0.29) is 6.61 Å². The summed E-state index contributed by atoms with van der Waals surface area (Å²) in [4.78, 5) is 7.64. The molecule has 1 atom stereocenters. The van der Waals surface area contributed by atoms with Crippen LogP contribution in [0.15, 0.2) is 47.6 Å². The number of aryl methyl sites for hydroxylation is 1. The molecule has 4 nitrogen and oxygen atoms in total. The Kier molecular flexibility index (Phi) is 5.88. The Morgan fingerprint density at radius 3 is 2.86 bits per heavy atom. The summed E-state index contributed by atoms with van der Waals surface area (Å²) >= 11 is 13.5. The number of nitrogens with one attached hydrogen (secondary N) is 1. The largest absolute Gasteiger partial charge is 0.491 e. The summed E-state index contributed by atoms with van der Waals surface area (Å²) in [6.07, 6.45) is 2.37. The Labute approximate surface area is 177 Å². The van der Waals surface area contributed by atoms with Crippen LogP contribution < -0.4 is 4.74 Å². The van der Waals surface area contributed by atoms with Gasteiger partial charge in [0.15, 0.2) is 5.16 Å². The van der Waals surface area contributed by atoms with Crippen LogP contribution in [-0.2, 0) is 12.8 Å². The lowest BCUT2D eigenvalue weighted by molar-refractivity contribution is 0.126. The molecule has 4 rings (SSSR count). The van der Waals surface area contributed by atoms with Crippen LogP contribution in [0.5, 0.6) is 5.75 Å². The molecule has 0 aliphatic heterocycles. The van der Waals surface area contributed by atoms with Crippen LogP contribution >= 0.6 is 35.0 Å². The van der Waals surface area contributed by atoms with Gasteiger partial charge >= 0.3 is 0 Å². The van der Waals surface area contributed by atoms with Gasteiger partial charge in [0.1, 0.15) is 12.4 Å². The summed E-state index contributed by atoms with van der Waals surface area (Å²) in [6.45, 7) is 4.31. The Bertz CT molecular complexity index is 996. The van der Waals surface area contributed by atoms with Crippen molar-refractivity contribution in [1.82, 2.24) is 9.97 Å². The summed E-state index contributed by atoms with van der Waals surface area (Å²) < 4.78 is 5.79. The average molecular weight is 435 g/mol. The molecule has 7 heteroatoms. The molecule has 0 saturated carbocycles. The van der Waals surface area contributed by atoms with E-state index in [0.29, 0.717) is 21.0 Å². The molecule has 1 aliphatic rings. The van der Waals surface area contributed by atoms with Crippen molar-refractivity contribution in [3.63, 3.8) is 0 Å². The number of aromatic amines is 1. The maximum atomic E-state index is 10.3. The molecule has 0 spiro atoms. The predicted molar refractivity (Wildman–Crippen MR) is 116 cm³/mol. The van der Waals surface area contributed by atoms with Gasteiger partial charge in [0, 0.05) is 5.75 Å². The molecule has 0 bridgehead atoms. The molecule has 2 aromatic carbocycles. The molecule has 0 unspecified atom stereocenters. The number of rotatable bonds is 6. The maximum Gasteiger partial charge on any atom is 0.166 e. The van der Waals surface area contributed by atoms with Crippen molar-refractivity contribution in [1.29, 1.82) is 0 Å². The standard InChI is InChI=1S/C21H20Cl2N2O2S/c1-12-2-3-14-7-16(5-4-13(14)6-12)27-10-15(26)11-28-21-24-19-8-17(22)18(23)9-20(19)25-21/h4-5,7-9,15,26H,1-3,6,10-11H2,(H,24,25)/t15-/m1/s1. The van der Waals surface area contributed by atoms with Crippen molar-refractivity contribution in [2.24, 2.45) is 0 Å². The molecular formula is C21H20Cl2N2O2S. The first kappa shape index (κ1) is 19.6. The summed E-state index contributed by atoms with van der Waals surface area (Å²) in [6, 6.07) is 9.62. The molecule has 146 valence electrons. The number of hydrogen-bond donors (Lipinski definition) is 2. The molecule has 1 aliphatic carbocycles. The third-order valence-corrected chi connectivity index (χ3v) is 6.46. The van der Waals surface area contributed by atoms with Gasteiger partial charge in [0.05, 0.1) is 27.2 Å². The van der Waals surface area contributed by atoms with E-state index in [0.717, 1.165) is 36.0 Å². The molecule has 1 aromatic heterocycles. The summed E-state index contributed by atoms with van der Waals surface area (Å²) in [5.74, 6) is 1.26. The van der Waals surface area contributed by atoms with Gasteiger partial charge in [-0.3, -0.25) is 0 Å². The van der Waals surface area contributed by atoms with Gasteiger partial charge in [-0.15, -0.1) is 0 Å². The van der Waals surface area contributed by atoms with E-state index < -0.39 is 6.10 Å². The molecule has 0 radical (unpaired) electrons. The first-order valence-electron chi connectivity index (χ1n) is 9.05. The van der Waals surface area contributed by atoms with E-state index in [1.54, 1.807) is 12.1 Å². The van der Waals surface area contributed by atoms with Crippen LogP contribution in [0.4, 0.5) is 0 Å². The highest BCUT2D eigenvalue weighted by Gasteiger charge is 2.14. The SMILES string of the molecule is C=C1CCc2cc(OC[C@@H](O)CSc3nc4cc(Cl)c(Cl)cc4[nH]3)ccc2C1. The van der Waals surface area contributed by atoms with Crippen LogP contribution in [-0.4, -0.2) is 33.5 Å². The fraction of sp³-hybridized carbons (Fsp3) is 0.286. The zero-order chi connectivity index (χ0) is 19.7. The third kappa shape index (κ3) is 4.49. The van der Waals surface area contributed by atoms with Crippen LogP contribution in [0.3, 0.4) is 0 Å². The number of aliphatic hydroxyl groups excluding tert-OH is 1. The number of aliphatic hydroxyl groups is 1. The van der Waals surface area contributed by atoms with Gasteiger partial charge in [-0.1, -0.05) is 53.2 Å². The first-order valence-corrected chi connectivity index (χ1v) is 10.8. The van der Waals surface area contributed by atoms with Crippen molar-refractivity contribution >= 4 is 46.0 Å². The highest BCUT2D eigenvalue weighted by molar-refractivity contribution is 7.99. The number of aromatic nitrogens is 2. The molecule has 0 saturated heterocycles. The highest BCUT2D eigenvalue weighted by Crippen LogP contribution is 2.29. The number of thioether (sulfide) groups is 1.